The zero-order chi connectivity index (χ0) is 57.8. The second kappa shape index (κ2) is 44.8. The summed E-state index contributed by atoms with van der Waals surface area (Å²) in [6.07, 6.45) is 74.1. The third-order valence-electron chi connectivity index (χ3n) is 19.6. The molecule has 1 aliphatic carbocycles. The monoisotopic (exact) mass is 1130 g/mol. The second-order valence-electron chi connectivity index (χ2n) is 26.7. The fraction of sp³-hybridized carbons (Fsp3) is 0.822. The summed E-state index contributed by atoms with van der Waals surface area (Å²) in [4.78, 5) is 24.7. The lowest BCUT2D eigenvalue weighted by molar-refractivity contribution is -0.132. The molecule has 0 bridgehead atoms. The predicted molar refractivity (Wildman–Crippen MR) is 352 cm³/mol. The van der Waals surface area contributed by atoms with Crippen LogP contribution in [0.25, 0.3) is 10.9 Å². The number of piperidine rings is 1. The van der Waals surface area contributed by atoms with E-state index in [9.17, 15) is 10.1 Å². The molecular weight excluding hydrogens is 1000 g/mol. The lowest BCUT2D eigenvalue weighted by Gasteiger charge is -2.43. The number of hydrogen-bond donors (Lipinski definition) is 2. The summed E-state index contributed by atoms with van der Waals surface area (Å²) < 4.78 is 1.94. The highest BCUT2D eigenvalue weighted by Gasteiger charge is 2.36. The summed E-state index contributed by atoms with van der Waals surface area (Å²) in [7, 11) is 2.00. The first kappa shape index (κ1) is 69.1. The minimum Gasteiger partial charge on any atom is -0.367 e. The zero-order valence-electron chi connectivity index (χ0n) is 53.9. The van der Waals surface area contributed by atoms with Gasteiger partial charge in [0, 0.05) is 54.7 Å². The van der Waals surface area contributed by atoms with Crippen LogP contribution in [0.5, 0.6) is 0 Å². The standard InChI is InChI=1S/C73H126N8O/c1-64-63-75-72(77-67-51-52-68-65(2)80(3)79-69(68)62-67)78-71(64)76-66-50-48-46-44-42-40-38-36-34-32-30-28-26-24-22-20-18-16-14-12-10-8-6-4-5-7-9-11-13-15-17-19-21-23-25-27-29-31-33-35-37-39-41-43-45-47-49-55-73(56-53-66)57-60-81(61-58-73)70(82)54-59-74/h51-52,62-63,66H,4-50,53-58,60-61H2,1-3H3,(H2,75,76,77,78). The molecule has 2 fully saturated rings. The van der Waals surface area contributed by atoms with Gasteiger partial charge < -0.3 is 15.5 Å². The molecule has 2 aromatic heterocycles. The van der Waals surface area contributed by atoms with E-state index in [2.05, 4.69) is 48.7 Å². The summed E-state index contributed by atoms with van der Waals surface area (Å²) in [5, 5.41) is 22.7. The highest BCUT2D eigenvalue weighted by atomic mass is 16.2. The number of fused-ring (bicyclic) bond motifs is 1. The van der Waals surface area contributed by atoms with Gasteiger partial charge in [-0.1, -0.05) is 295 Å². The minimum absolute atomic E-state index is 0.00456. The van der Waals surface area contributed by atoms with Gasteiger partial charge in [-0.2, -0.15) is 15.3 Å². The van der Waals surface area contributed by atoms with Crippen LogP contribution in [0.1, 0.15) is 352 Å². The Morgan fingerprint density at radius 1 is 0.537 bits per heavy atom. The van der Waals surface area contributed by atoms with Gasteiger partial charge in [0.2, 0.25) is 11.9 Å². The van der Waals surface area contributed by atoms with Crippen LogP contribution in [0.2, 0.25) is 0 Å². The van der Waals surface area contributed by atoms with Crippen LogP contribution in [0.3, 0.4) is 0 Å². The van der Waals surface area contributed by atoms with Gasteiger partial charge in [-0.25, -0.2) is 4.98 Å². The maximum absolute atomic E-state index is 12.9. The lowest BCUT2D eigenvalue weighted by Crippen LogP contribution is -2.43. The van der Waals surface area contributed by atoms with Crippen LogP contribution in [0.4, 0.5) is 17.5 Å². The molecule has 1 amide bonds. The van der Waals surface area contributed by atoms with Crippen molar-refractivity contribution in [2.24, 2.45) is 12.5 Å². The lowest BCUT2D eigenvalue weighted by atomic mass is 9.70. The molecule has 0 radical (unpaired) electrons. The highest BCUT2D eigenvalue weighted by Crippen LogP contribution is 2.42. The number of aromatic nitrogens is 4. The summed E-state index contributed by atoms with van der Waals surface area (Å²) in [5.41, 5.74) is 4.34. The Morgan fingerprint density at radius 3 is 1.33 bits per heavy atom. The van der Waals surface area contributed by atoms with E-state index >= 15 is 0 Å². The molecule has 82 heavy (non-hydrogen) atoms. The van der Waals surface area contributed by atoms with Crippen molar-refractivity contribution in [2.45, 2.75) is 360 Å². The number of amides is 1. The SMILES string of the molecule is Cc1cnc(Nc2ccc3c(C)n(C)nc3c2)nc1NC1CCCCCCCCCCCCCCCCCCCCCCCCCCCCCCCCCCCCCCCCCCCCCCCCC2(CC1)CCN(C(=O)CC#N)CC2. The minimum atomic E-state index is -0.00839. The largest absolute Gasteiger partial charge is 0.367 e. The molecule has 3 heterocycles. The van der Waals surface area contributed by atoms with Gasteiger partial charge in [0.1, 0.15) is 12.2 Å². The van der Waals surface area contributed by atoms with Crippen LogP contribution in [-0.4, -0.2) is 49.7 Å². The number of aryl methyl sites for hydroxylation is 3. The number of anilines is 3. The van der Waals surface area contributed by atoms with Crippen LogP contribution in [0.15, 0.2) is 24.4 Å². The molecule has 1 saturated heterocycles. The third-order valence-corrected chi connectivity index (χ3v) is 19.6. The number of likely N-dealkylation sites (tertiary alicyclic amines) is 1. The first-order valence-corrected chi connectivity index (χ1v) is 35.8. The number of carbonyl (C=O) groups excluding carboxylic acids is 1. The van der Waals surface area contributed by atoms with Crippen LogP contribution < -0.4 is 10.6 Å². The fourth-order valence-corrected chi connectivity index (χ4v) is 13.9. The number of carbonyl (C=O) groups is 1. The molecule has 1 aliphatic heterocycles. The maximum Gasteiger partial charge on any atom is 0.236 e. The van der Waals surface area contributed by atoms with Crippen molar-refractivity contribution in [2.75, 3.05) is 23.7 Å². The van der Waals surface area contributed by atoms with Crippen LogP contribution in [0, 0.1) is 30.6 Å². The molecule has 1 spiro atoms. The van der Waals surface area contributed by atoms with Gasteiger partial charge in [0.05, 0.1) is 11.6 Å². The van der Waals surface area contributed by atoms with E-state index < -0.39 is 0 Å². The molecule has 1 atom stereocenters. The van der Waals surface area contributed by atoms with Gasteiger partial charge in [0.25, 0.3) is 0 Å². The van der Waals surface area contributed by atoms with Crippen molar-refractivity contribution in [3.63, 3.8) is 0 Å². The normalized spacial score (nSPS) is 21.9. The van der Waals surface area contributed by atoms with Crippen molar-refractivity contribution in [3.8, 4) is 6.07 Å². The predicted octanol–water partition coefficient (Wildman–Crippen LogP) is 22.5. The van der Waals surface area contributed by atoms with Crippen molar-refractivity contribution in [1.29, 1.82) is 5.26 Å². The number of nitrogens with zero attached hydrogens (tertiary/aromatic N) is 6. The number of nitriles is 1. The van der Waals surface area contributed by atoms with Gasteiger partial charge in [-0.3, -0.25) is 9.48 Å². The smallest absolute Gasteiger partial charge is 0.236 e. The van der Waals surface area contributed by atoms with E-state index in [1.165, 1.54) is 302 Å². The summed E-state index contributed by atoms with van der Waals surface area (Å²) >= 11 is 0. The van der Waals surface area contributed by atoms with Gasteiger partial charge >= 0.3 is 0 Å². The molecule has 2 aliphatic rings. The molecule has 1 aromatic carbocycles. The summed E-state index contributed by atoms with van der Waals surface area (Å²) in [6.45, 7) is 5.80. The van der Waals surface area contributed by atoms with E-state index in [0.717, 1.165) is 78.9 Å². The Bertz CT molecular complexity index is 2100. The number of nitrogens with one attached hydrogen (secondary N) is 2. The van der Waals surface area contributed by atoms with Crippen molar-refractivity contribution < 1.29 is 4.79 Å². The number of benzene rings is 1. The Morgan fingerprint density at radius 2 is 0.927 bits per heavy atom. The molecule has 9 nitrogen and oxygen atoms in total. The van der Waals surface area contributed by atoms with E-state index in [0.29, 0.717) is 12.0 Å². The Kier molecular flexibility index (Phi) is 37.7. The van der Waals surface area contributed by atoms with E-state index in [1.807, 2.05) is 22.8 Å². The van der Waals surface area contributed by atoms with Gasteiger partial charge in [0.15, 0.2) is 0 Å². The van der Waals surface area contributed by atoms with Crippen molar-refractivity contribution in [1.82, 2.24) is 24.6 Å². The Labute approximate surface area is 504 Å². The molecule has 464 valence electrons. The van der Waals surface area contributed by atoms with Crippen molar-refractivity contribution in [3.05, 3.63) is 35.7 Å². The van der Waals surface area contributed by atoms with E-state index in [4.69, 9.17) is 15.1 Å². The van der Waals surface area contributed by atoms with Gasteiger partial charge in [-0.15, -0.1) is 0 Å². The van der Waals surface area contributed by atoms with Crippen LogP contribution >= 0.6 is 0 Å². The summed E-state index contributed by atoms with van der Waals surface area (Å²) in [5.74, 6) is 1.52. The topological polar surface area (TPSA) is 112 Å². The zero-order valence-corrected chi connectivity index (χ0v) is 53.9. The average Bonchev–Trinajstić information content (AvgIpc) is 3.95. The summed E-state index contributed by atoms with van der Waals surface area (Å²) in [6, 6.07) is 8.74. The average molecular weight is 1130 g/mol. The molecule has 1 saturated carbocycles. The fourth-order valence-electron chi connectivity index (χ4n) is 13.9. The first-order valence-electron chi connectivity index (χ1n) is 35.8. The third kappa shape index (κ3) is 30.4. The molecule has 1 unspecified atom stereocenters. The van der Waals surface area contributed by atoms with Gasteiger partial charge in [-0.05, 0) is 76.0 Å². The molecule has 9 heteroatoms. The number of rotatable bonds is 5. The first-order chi connectivity index (χ1) is 40.4. The second-order valence-corrected chi connectivity index (χ2v) is 26.7. The molecule has 5 rings (SSSR count). The molecular formula is C73H126N8O. The van der Waals surface area contributed by atoms with E-state index in [1.54, 1.807) is 0 Å². The van der Waals surface area contributed by atoms with Crippen molar-refractivity contribution >= 4 is 34.3 Å². The molecule has 2 N–H and O–H groups in total. The van der Waals surface area contributed by atoms with E-state index in [-0.39, 0.29) is 17.7 Å². The quantitative estimate of drug-likeness (QED) is 0.262. The van der Waals surface area contributed by atoms with Crippen LogP contribution in [-0.2, 0) is 11.8 Å². The molecule has 3 aromatic rings. The Hall–Kier alpha value is -3.67. The number of hydrogen-bond acceptors (Lipinski definition) is 7. The highest BCUT2D eigenvalue weighted by molar-refractivity contribution is 5.85. The maximum atomic E-state index is 12.9. The Balaban J connectivity index is 1.09.